The lowest BCUT2D eigenvalue weighted by molar-refractivity contribution is -0.383. The zero-order valence-electron chi connectivity index (χ0n) is 8.52. The quantitative estimate of drug-likeness (QED) is 0.527. The average molecular weight is 202 g/mol. The maximum atomic E-state index is 10.9. The van der Waals surface area contributed by atoms with Crippen LogP contribution in [0.3, 0.4) is 0 Å². The summed E-state index contributed by atoms with van der Waals surface area (Å²) in [6.45, 7) is 3.59. The normalized spacial score (nSPS) is 10.5. The molecule has 15 heavy (non-hydrogen) atoms. The maximum absolute atomic E-state index is 10.9. The van der Waals surface area contributed by atoms with Gasteiger partial charge in [-0.3, -0.25) is 15.1 Å². The summed E-state index contributed by atoms with van der Waals surface area (Å²) >= 11 is 0. The third kappa shape index (κ3) is 1.44. The molecule has 0 bridgehead atoms. The second kappa shape index (κ2) is 3.31. The zero-order chi connectivity index (χ0) is 11.0. The van der Waals surface area contributed by atoms with Crippen LogP contribution in [0.2, 0.25) is 0 Å². The minimum absolute atomic E-state index is 0.179. The zero-order valence-corrected chi connectivity index (χ0v) is 8.52. The molecule has 0 aliphatic carbocycles. The molecule has 4 nitrogen and oxygen atoms in total. The highest BCUT2D eigenvalue weighted by Gasteiger charge is 2.15. The molecule has 0 saturated heterocycles. The Bertz CT molecular complexity index is 550. The smallest absolute Gasteiger partial charge is 0.261 e. The summed E-state index contributed by atoms with van der Waals surface area (Å²) in [5, 5.41) is 12.4. The summed E-state index contributed by atoms with van der Waals surface area (Å²) < 4.78 is 0. The van der Waals surface area contributed by atoms with Gasteiger partial charge in [0.15, 0.2) is 0 Å². The van der Waals surface area contributed by atoms with Gasteiger partial charge in [0, 0.05) is 22.8 Å². The van der Waals surface area contributed by atoms with Gasteiger partial charge in [-0.05, 0) is 19.9 Å². The van der Waals surface area contributed by atoms with Crippen LogP contribution in [0.1, 0.15) is 11.3 Å². The van der Waals surface area contributed by atoms with Crippen molar-refractivity contribution in [3.63, 3.8) is 0 Å². The number of nitro groups is 1. The lowest BCUT2D eigenvalue weighted by Gasteiger charge is -2.03. The van der Waals surface area contributed by atoms with E-state index in [-0.39, 0.29) is 10.6 Å². The number of aromatic nitrogens is 1. The predicted octanol–water partition coefficient (Wildman–Crippen LogP) is 2.76. The van der Waals surface area contributed by atoms with Gasteiger partial charge in [0.2, 0.25) is 0 Å². The van der Waals surface area contributed by atoms with Gasteiger partial charge in [0.1, 0.15) is 0 Å². The van der Waals surface area contributed by atoms with Crippen LogP contribution in [-0.2, 0) is 0 Å². The van der Waals surface area contributed by atoms with E-state index < -0.39 is 0 Å². The van der Waals surface area contributed by atoms with E-state index in [0.29, 0.717) is 10.9 Å². The molecule has 0 amide bonds. The van der Waals surface area contributed by atoms with Crippen molar-refractivity contribution in [3.8, 4) is 0 Å². The predicted molar refractivity (Wildman–Crippen MR) is 57.9 cm³/mol. The molecule has 0 unspecified atom stereocenters. The van der Waals surface area contributed by atoms with Crippen molar-refractivity contribution < 1.29 is 4.92 Å². The Morgan fingerprint density at radius 2 is 1.93 bits per heavy atom. The second-order valence-corrected chi connectivity index (χ2v) is 3.48. The molecule has 1 aromatic heterocycles. The molecular formula is C11H10N2O2. The van der Waals surface area contributed by atoms with E-state index in [2.05, 4.69) is 4.98 Å². The lowest BCUT2D eigenvalue weighted by atomic mass is 10.0. The van der Waals surface area contributed by atoms with E-state index in [0.717, 1.165) is 11.1 Å². The Balaban J connectivity index is 2.94. The Kier molecular flexibility index (Phi) is 2.11. The van der Waals surface area contributed by atoms with Crippen molar-refractivity contribution in [2.45, 2.75) is 13.8 Å². The summed E-state index contributed by atoms with van der Waals surface area (Å²) in [6, 6.07) is 5.32. The Hall–Kier alpha value is -1.97. The number of fused-ring (bicyclic) bond motifs is 1. The molecule has 0 aliphatic heterocycles. The van der Waals surface area contributed by atoms with Crippen LogP contribution in [0, 0.1) is 24.0 Å². The number of rotatable bonds is 1. The first-order valence-corrected chi connectivity index (χ1v) is 4.60. The molecular weight excluding hydrogens is 192 g/mol. The van der Waals surface area contributed by atoms with Gasteiger partial charge in [0.25, 0.3) is 5.69 Å². The number of pyridine rings is 1. The van der Waals surface area contributed by atoms with Gasteiger partial charge < -0.3 is 0 Å². The van der Waals surface area contributed by atoms with Crippen molar-refractivity contribution in [1.82, 2.24) is 4.98 Å². The first-order chi connectivity index (χ1) is 7.11. The van der Waals surface area contributed by atoms with Gasteiger partial charge in [-0.2, -0.15) is 0 Å². The molecule has 0 spiro atoms. The van der Waals surface area contributed by atoms with Crippen molar-refractivity contribution >= 4 is 16.5 Å². The van der Waals surface area contributed by atoms with E-state index in [9.17, 15) is 10.1 Å². The maximum Gasteiger partial charge on any atom is 0.280 e. The molecule has 2 aromatic rings. The van der Waals surface area contributed by atoms with E-state index in [1.807, 2.05) is 13.0 Å². The monoisotopic (exact) mass is 202 g/mol. The Morgan fingerprint density at radius 3 is 2.60 bits per heavy atom. The fourth-order valence-corrected chi connectivity index (χ4v) is 1.74. The topological polar surface area (TPSA) is 56.0 Å². The number of hydrogen-bond acceptors (Lipinski definition) is 3. The molecule has 0 saturated carbocycles. The van der Waals surface area contributed by atoms with Gasteiger partial charge in [-0.25, -0.2) is 0 Å². The van der Waals surface area contributed by atoms with E-state index in [1.165, 1.54) is 0 Å². The van der Waals surface area contributed by atoms with Crippen LogP contribution in [0.15, 0.2) is 24.4 Å². The molecule has 0 N–H and O–H groups in total. The van der Waals surface area contributed by atoms with Crippen LogP contribution in [-0.4, -0.2) is 9.91 Å². The molecule has 0 aliphatic rings. The number of benzene rings is 1. The lowest BCUT2D eigenvalue weighted by Crippen LogP contribution is -1.94. The second-order valence-electron chi connectivity index (χ2n) is 3.48. The van der Waals surface area contributed by atoms with Gasteiger partial charge in [0.05, 0.1) is 10.3 Å². The van der Waals surface area contributed by atoms with E-state index >= 15 is 0 Å². The number of nitrogens with zero attached hydrogens (tertiary/aromatic N) is 2. The van der Waals surface area contributed by atoms with Crippen LogP contribution >= 0.6 is 0 Å². The van der Waals surface area contributed by atoms with Crippen molar-refractivity contribution in [1.29, 1.82) is 0 Å². The minimum atomic E-state index is -0.336. The van der Waals surface area contributed by atoms with Crippen LogP contribution < -0.4 is 0 Å². The van der Waals surface area contributed by atoms with Crippen LogP contribution in [0.4, 0.5) is 5.69 Å². The summed E-state index contributed by atoms with van der Waals surface area (Å²) in [6.07, 6.45) is 1.60. The highest BCUT2D eigenvalue weighted by Crippen LogP contribution is 2.29. The number of nitro benzene ring substituents is 1. The fourth-order valence-electron chi connectivity index (χ4n) is 1.74. The number of hydrogen-bond donors (Lipinski definition) is 0. The van der Waals surface area contributed by atoms with Crippen molar-refractivity contribution in [2.24, 2.45) is 0 Å². The molecule has 76 valence electrons. The number of aryl methyl sites for hydroxylation is 2. The van der Waals surface area contributed by atoms with Gasteiger partial charge in [-0.15, -0.1) is 0 Å². The van der Waals surface area contributed by atoms with Crippen LogP contribution in [0.25, 0.3) is 10.8 Å². The Morgan fingerprint density at radius 1 is 1.20 bits per heavy atom. The summed E-state index contributed by atoms with van der Waals surface area (Å²) in [7, 11) is 0. The van der Waals surface area contributed by atoms with E-state index in [1.54, 1.807) is 25.3 Å². The highest BCUT2D eigenvalue weighted by atomic mass is 16.6. The fraction of sp³-hybridized carbons (Fsp3) is 0.182. The molecule has 1 aromatic carbocycles. The standard InChI is InChI=1S/C11H10N2O2/c1-7-3-4-9-8(2)12-6-5-10(9)11(7)13(14)15/h3-6H,1-2H3. The molecule has 1 heterocycles. The highest BCUT2D eigenvalue weighted by molar-refractivity contribution is 5.93. The first-order valence-electron chi connectivity index (χ1n) is 4.60. The third-order valence-corrected chi connectivity index (χ3v) is 2.50. The molecule has 4 heteroatoms. The van der Waals surface area contributed by atoms with Crippen molar-refractivity contribution in [2.75, 3.05) is 0 Å². The first kappa shape index (κ1) is 9.58. The SMILES string of the molecule is Cc1ccc2c(C)nccc2c1[N+](=O)[O-]. The largest absolute Gasteiger partial charge is 0.280 e. The molecule has 2 rings (SSSR count). The van der Waals surface area contributed by atoms with Gasteiger partial charge >= 0.3 is 0 Å². The molecule has 0 atom stereocenters. The summed E-state index contributed by atoms with van der Waals surface area (Å²) in [5.74, 6) is 0. The van der Waals surface area contributed by atoms with E-state index in [4.69, 9.17) is 0 Å². The van der Waals surface area contributed by atoms with Gasteiger partial charge in [-0.1, -0.05) is 12.1 Å². The molecule has 0 fully saturated rings. The third-order valence-electron chi connectivity index (χ3n) is 2.50. The molecule has 0 radical (unpaired) electrons. The van der Waals surface area contributed by atoms with Crippen LogP contribution in [0.5, 0.6) is 0 Å². The average Bonchev–Trinajstić information content (AvgIpc) is 2.17. The Labute approximate surface area is 86.7 Å². The summed E-state index contributed by atoms with van der Waals surface area (Å²) in [5.41, 5.74) is 1.67. The van der Waals surface area contributed by atoms with Crippen molar-refractivity contribution in [3.05, 3.63) is 45.8 Å². The summed E-state index contributed by atoms with van der Waals surface area (Å²) in [4.78, 5) is 14.7. The minimum Gasteiger partial charge on any atom is -0.261 e.